The number of fused-ring (bicyclic) bond motifs is 1. The molecule has 0 saturated heterocycles. The summed E-state index contributed by atoms with van der Waals surface area (Å²) in [5.41, 5.74) is 2.35. The first kappa shape index (κ1) is 17.1. The van der Waals surface area contributed by atoms with Crippen molar-refractivity contribution in [2.45, 2.75) is 24.0 Å². The molecule has 130 valence electrons. The minimum absolute atomic E-state index is 0.328. The van der Waals surface area contributed by atoms with Crippen LogP contribution in [-0.4, -0.2) is 61.4 Å². The van der Waals surface area contributed by atoms with Crippen molar-refractivity contribution in [1.29, 1.82) is 0 Å². The first-order valence-corrected chi connectivity index (χ1v) is 9.90. The smallest absolute Gasteiger partial charge is 0.175 e. The van der Waals surface area contributed by atoms with E-state index in [0.717, 1.165) is 31.7 Å². The zero-order valence-electron chi connectivity index (χ0n) is 14.4. The number of rotatable bonds is 5. The summed E-state index contributed by atoms with van der Waals surface area (Å²) in [5.74, 6) is 0. The molecule has 3 rings (SSSR count). The lowest BCUT2D eigenvalue weighted by Crippen LogP contribution is -2.41. The second-order valence-corrected chi connectivity index (χ2v) is 8.78. The van der Waals surface area contributed by atoms with Gasteiger partial charge in [0.2, 0.25) is 0 Å². The van der Waals surface area contributed by atoms with Crippen molar-refractivity contribution >= 4 is 9.84 Å². The van der Waals surface area contributed by atoms with Crippen LogP contribution in [0, 0.1) is 0 Å². The van der Waals surface area contributed by atoms with Crippen LogP contribution in [-0.2, 0) is 22.9 Å². The molecule has 6 nitrogen and oxygen atoms in total. The Labute approximate surface area is 143 Å². The van der Waals surface area contributed by atoms with Gasteiger partial charge in [-0.15, -0.1) is 0 Å². The monoisotopic (exact) mass is 348 g/mol. The van der Waals surface area contributed by atoms with Crippen LogP contribution in [0.3, 0.4) is 0 Å². The fourth-order valence-electron chi connectivity index (χ4n) is 3.24. The standard InChI is InChI=1S/C17H24N4O2S/c1-19(2)11-16-13-20(12-15-8-9-18-21(15)16)10-14-4-6-17(7-5-14)24(3,22)23/h4-9,16H,10-13H2,1-3H3. The zero-order valence-corrected chi connectivity index (χ0v) is 15.2. The van der Waals surface area contributed by atoms with E-state index in [9.17, 15) is 8.42 Å². The molecule has 2 heterocycles. The highest BCUT2D eigenvalue weighted by atomic mass is 32.2. The van der Waals surface area contributed by atoms with E-state index >= 15 is 0 Å². The van der Waals surface area contributed by atoms with E-state index in [1.54, 1.807) is 12.1 Å². The Hall–Kier alpha value is -1.70. The van der Waals surface area contributed by atoms with Gasteiger partial charge in [0.15, 0.2) is 9.84 Å². The van der Waals surface area contributed by atoms with Crippen LogP contribution in [0.5, 0.6) is 0 Å². The van der Waals surface area contributed by atoms with Gasteiger partial charge in [-0.1, -0.05) is 12.1 Å². The SMILES string of the molecule is CN(C)CC1CN(Cc2ccc(S(C)(=O)=O)cc2)Cc2ccnn21. The summed E-state index contributed by atoms with van der Waals surface area (Å²) in [6.45, 7) is 3.54. The number of aromatic nitrogens is 2. The summed E-state index contributed by atoms with van der Waals surface area (Å²) in [7, 11) is 1.01. The molecule has 0 amide bonds. The minimum Gasteiger partial charge on any atom is -0.307 e. The van der Waals surface area contributed by atoms with Gasteiger partial charge in [0, 0.05) is 38.6 Å². The van der Waals surface area contributed by atoms with Gasteiger partial charge in [0.25, 0.3) is 0 Å². The molecule has 0 fully saturated rings. The van der Waals surface area contributed by atoms with Crippen LogP contribution in [0.1, 0.15) is 17.3 Å². The summed E-state index contributed by atoms with van der Waals surface area (Å²) < 4.78 is 25.3. The fourth-order valence-corrected chi connectivity index (χ4v) is 3.87. The van der Waals surface area contributed by atoms with Crippen LogP contribution in [0.4, 0.5) is 0 Å². The summed E-state index contributed by atoms with van der Waals surface area (Å²) in [6.07, 6.45) is 3.10. The maximum absolute atomic E-state index is 11.6. The summed E-state index contributed by atoms with van der Waals surface area (Å²) in [6, 6.07) is 9.59. The average molecular weight is 348 g/mol. The molecule has 0 aliphatic carbocycles. The van der Waals surface area contributed by atoms with Gasteiger partial charge in [0.05, 0.1) is 16.6 Å². The highest BCUT2D eigenvalue weighted by Gasteiger charge is 2.25. The zero-order chi connectivity index (χ0) is 17.3. The predicted octanol–water partition coefficient (Wildman–Crippen LogP) is 1.41. The van der Waals surface area contributed by atoms with Crippen molar-refractivity contribution in [1.82, 2.24) is 19.6 Å². The number of benzene rings is 1. The predicted molar refractivity (Wildman–Crippen MR) is 93.5 cm³/mol. The van der Waals surface area contributed by atoms with Crippen LogP contribution in [0.15, 0.2) is 41.4 Å². The molecule has 1 unspecified atom stereocenters. The van der Waals surface area contributed by atoms with Gasteiger partial charge < -0.3 is 4.90 Å². The molecular formula is C17H24N4O2S. The maximum Gasteiger partial charge on any atom is 0.175 e. The van der Waals surface area contributed by atoms with Crippen LogP contribution >= 0.6 is 0 Å². The second-order valence-electron chi connectivity index (χ2n) is 6.77. The Morgan fingerprint density at radius 1 is 1.21 bits per heavy atom. The Bertz CT molecular complexity index is 796. The Balaban J connectivity index is 1.74. The highest BCUT2D eigenvalue weighted by Crippen LogP contribution is 2.23. The van der Waals surface area contributed by atoms with Gasteiger partial charge in [-0.2, -0.15) is 5.10 Å². The van der Waals surface area contributed by atoms with E-state index in [4.69, 9.17) is 0 Å². The second kappa shape index (κ2) is 6.66. The number of likely N-dealkylation sites (N-methyl/N-ethyl adjacent to an activating group) is 1. The molecule has 1 aliphatic rings. The van der Waals surface area contributed by atoms with Crippen molar-refractivity contribution in [3.8, 4) is 0 Å². The third kappa shape index (κ3) is 3.85. The molecule has 0 bridgehead atoms. The third-order valence-corrected chi connectivity index (χ3v) is 5.41. The van der Waals surface area contributed by atoms with Crippen LogP contribution in [0.25, 0.3) is 0 Å². The summed E-state index contributed by atoms with van der Waals surface area (Å²) in [5, 5.41) is 4.47. The molecule has 1 atom stereocenters. The number of sulfone groups is 1. The summed E-state index contributed by atoms with van der Waals surface area (Å²) >= 11 is 0. The highest BCUT2D eigenvalue weighted by molar-refractivity contribution is 7.90. The lowest BCUT2D eigenvalue weighted by Gasteiger charge is -2.35. The van der Waals surface area contributed by atoms with E-state index in [1.165, 1.54) is 11.9 Å². The van der Waals surface area contributed by atoms with Crippen molar-refractivity contribution in [2.75, 3.05) is 33.4 Å². The van der Waals surface area contributed by atoms with Gasteiger partial charge >= 0.3 is 0 Å². The normalized spacial score (nSPS) is 18.8. The molecule has 0 spiro atoms. The molecule has 1 aromatic carbocycles. The van der Waals surface area contributed by atoms with Crippen molar-refractivity contribution < 1.29 is 8.42 Å². The van der Waals surface area contributed by atoms with Gasteiger partial charge in [0.1, 0.15) is 0 Å². The van der Waals surface area contributed by atoms with Gasteiger partial charge in [-0.25, -0.2) is 8.42 Å². The lowest BCUT2D eigenvalue weighted by atomic mass is 10.1. The van der Waals surface area contributed by atoms with E-state index in [2.05, 4.69) is 39.7 Å². The maximum atomic E-state index is 11.6. The summed E-state index contributed by atoms with van der Waals surface area (Å²) in [4.78, 5) is 4.94. The third-order valence-electron chi connectivity index (χ3n) is 4.29. The first-order chi connectivity index (χ1) is 11.3. The molecule has 0 radical (unpaired) electrons. The first-order valence-electron chi connectivity index (χ1n) is 8.01. The number of hydrogen-bond acceptors (Lipinski definition) is 5. The molecule has 1 aliphatic heterocycles. The Kier molecular flexibility index (Phi) is 4.76. The van der Waals surface area contributed by atoms with E-state index in [0.29, 0.717) is 10.9 Å². The topological polar surface area (TPSA) is 58.4 Å². The van der Waals surface area contributed by atoms with E-state index in [1.807, 2.05) is 18.3 Å². The largest absolute Gasteiger partial charge is 0.307 e. The van der Waals surface area contributed by atoms with Crippen LogP contribution < -0.4 is 0 Å². The van der Waals surface area contributed by atoms with Crippen molar-refractivity contribution in [3.05, 3.63) is 47.8 Å². The molecule has 24 heavy (non-hydrogen) atoms. The minimum atomic E-state index is -3.14. The molecule has 0 N–H and O–H groups in total. The van der Waals surface area contributed by atoms with Gasteiger partial charge in [-0.05, 0) is 37.9 Å². The van der Waals surface area contributed by atoms with E-state index < -0.39 is 9.84 Å². The van der Waals surface area contributed by atoms with Gasteiger partial charge in [-0.3, -0.25) is 9.58 Å². The Morgan fingerprint density at radius 3 is 2.54 bits per heavy atom. The molecule has 0 saturated carbocycles. The lowest BCUT2D eigenvalue weighted by molar-refractivity contribution is 0.146. The molecule has 2 aromatic rings. The number of hydrogen-bond donors (Lipinski definition) is 0. The van der Waals surface area contributed by atoms with Crippen molar-refractivity contribution in [3.63, 3.8) is 0 Å². The Morgan fingerprint density at radius 2 is 1.92 bits per heavy atom. The average Bonchev–Trinajstić information content (AvgIpc) is 2.95. The molecule has 7 heteroatoms. The fraction of sp³-hybridized carbons (Fsp3) is 0.471. The quantitative estimate of drug-likeness (QED) is 0.818. The van der Waals surface area contributed by atoms with E-state index in [-0.39, 0.29) is 0 Å². The van der Waals surface area contributed by atoms with Crippen molar-refractivity contribution in [2.24, 2.45) is 0 Å². The number of nitrogens with zero attached hydrogens (tertiary/aromatic N) is 4. The van der Waals surface area contributed by atoms with Crippen LogP contribution in [0.2, 0.25) is 0 Å². The molecular weight excluding hydrogens is 324 g/mol. The molecule has 1 aromatic heterocycles.